The predicted molar refractivity (Wildman–Crippen MR) is 165 cm³/mol. The summed E-state index contributed by atoms with van der Waals surface area (Å²) in [6.07, 6.45) is 9.26. The summed E-state index contributed by atoms with van der Waals surface area (Å²) >= 11 is 0. The first-order valence-corrected chi connectivity index (χ1v) is 17.9. The molecule has 0 unspecified atom stereocenters. The van der Waals surface area contributed by atoms with Gasteiger partial charge in [0.05, 0.1) is 5.56 Å². The lowest BCUT2D eigenvalue weighted by Gasteiger charge is -2.42. The zero-order valence-electron chi connectivity index (χ0n) is 24.9. The van der Waals surface area contributed by atoms with Gasteiger partial charge in [-0.2, -0.15) is 23.5 Å². The molecule has 2 N–H and O–H groups in total. The van der Waals surface area contributed by atoms with Crippen LogP contribution in [0.5, 0.6) is 0 Å². The van der Waals surface area contributed by atoms with Crippen molar-refractivity contribution in [2.75, 3.05) is 35.8 Å². The number of rotatable bonds is 2. The SMILES string of the molecule is CC1(C)C[C@@H]2CCCNc3cccc(n3)S(=O)(=O)NC(=O)c3ccc(-n4ccc(S(C)(C)C(C)(C)C)n4)nc3N1C2. The zero-order valence-corrected chi connectivity index (χ0v) is 26.6. The molecule has 3 aromatic rings. The topological polar surface area (TPSA) is 122 Å². The first-order valence-electron chi connectivity index (χ1n) is 13.9. The van der Waals surface area contributed by atoms with Gasteiger partial charge in [0, 0.05) is 24.8 Å². The fourth-order valence-corrected chi connectivity index (χ4v) is 7.68. The minimum Gasteiger partial charge on any atom is -0.370 e. The van der Waals surface area contributed by atoms with Crippen molar-refractivity contribution in [2.45, 2.75) is 74.2 Å². The largest absolute Gasteiger partial charge is 0.370 e. The molecule has 0 radical (unpaired) electrons. The summed E-state index contributed by atoms with van der Waals surface area (Å²) in [6, 6.07) is 10.1. The van der Waals surface area contributed by atoms with Gasteiger partial charge in [0.1, 0.15) is 16.7 Å². The molecule has 0 aromatic carbocycles. The summed E-state index contributed by atoms with van der Waals surface area (Å²) < 4.78 is 30.5. The van der Waals surface area contributed by atoms with Crippen LogP contribution in [0.3, 0.4) is 0 Å². The Balaban J connectivity index is 1.60. The Bertz CT molecular complexity index is 1570. The summed E-state index contributed by atoms with van der Waals surface area (Å²) in [5.74, 6) is 1.15. The molecule has 5 rings (SSSR count). The minimum absolute atomic E-state index is 0.0676. The van der Waals surface area contributed by atoms with Gasteiger partial charge in [-0.05, 0) is 86.6 Å². The van der Waals surface area contributed by atoms with Gasteiger partial charge in [-0.1, -0.05) is 26.8 Å². The van der Waals surface area contributed by atoms with Crippen molar-refractivity contribution < 1.29 is 13.2 Å². The smallest absolute Gasteiger partial charge is 0.281 e. The number of sulfonamides is 1. The second-order valence-corrected chi connectivity index (χ2v) is 18.9. The Hall–Kier alpha value is -3.12. The van der Waals surface area contributed by atoms with Crippen molar-refractivity contribution in [3.05, 3.63) is 48.2 Å². The summed E-state index contributed by atoms with van der Waals surface area (Å²) in [7, 11) is -5.42. The van der Waals surface area contributed by atoms with Crippen LogP contribution in [0.2, 0.25) is 0 Å². The average Bonchev–Trinajstić information content (AvgIpc) is 3.50. The van der Waals surface area contributed by atoms with E-state index in [0.29, 0.717) is 36.5 Å². The highest BCUT2D eigenvalue weighted by Crippen LogP contribution is 2.58. The number of hydrogen-bond donors (Lipinski definition) is 2. The molecule has 4 bridgehead atoms. The molecule has 2 aliphatic heterocycles. The number of pyridine rings is 2. The lowest BCUT2D eigenvalue weighted by atomic mass is 9.93. The van der Waals surface area contributed by atoms with E-state index in [0.717, 1.165) is 24.3 Å². The molecule has 0 spiro atoms. The zero-order chi connectivity index (χ0) is 29.8. The first-order chi connectivity index (χ1) is 19.1. The molecule has 2 aliphatic rings. The van der Waals surface area contributed by atoms with Crippen LogP contribution >= 0.6 is 10.0 Å². The van der Waals surface area contributed by atoms with Crippen molar-refractivity contribution in [3.63, 3.8) is 0 Å². The van der Waals surface area contributed by atoms with Crippen molar-refractivity contribution in [1.29, 1.82) is 0 Å². The van der Waals surface area contributed by atoms with E-state index in [1.807, 2.05) is 12.3 Å². The Kier molecular flexibility index (Phi) is 7.38. The lowest BCUT2D eigenvalue weighted by molar-refractivity contribution is 0.0981. The molecular formula is C29H41N7O3S2. The van der Waals surface area contributed by atoms with Crippen LogP contribution < -0.4 is 14.9 Å². The predicted octanol–water partition coefficient (Wildman–Crippen LogP) is 4.81. The third kappa shape index (κ3) is 5.68. The molecule has 41 heavy (non-hydrogen) atoms. The molecule has 1 saturated heterocycles. The van der Waals surface area contributed by atoms with Gasteiger partial charge in [0.2, 0.25) is 0 Å². The summed E-state index contributed by atoms with van der Waals surface area (Å²) in [5.41, 5.74) is -0.0861. The third-order valence-electron chi connectivity index (χ3n) is 8.49. The highest BCUT2D eigenvalue weighted by molar-refractivity contribution is 8.33. The molecule has 5 heterocycles. The molecule has 1 atom stereocenters. The molecule has 0 aliphatic carbocycles. The highest BCUT2D eigenvalue weighted by Gasteiger charge is 2.41. The van der Waals surface area contributed by atoms with Crippen molar-refractivity contribution >= 4 is 37.6 Å². The number of fused-ring (bicyclic) bond motifs is 6. The standard InChI is InChI=1S/C29H41N7O3S2/c1-28(2,3)40(6,7)25-15-17-36(33-25)23-14-13-21-26(32-23)35-19-20(18-29(35,4)5)10-9-16-30-22-11-8-12-24(31-22)41(38,39)34-27(21)37/h8,11-15,17,20H,9-10,16,18-19H2,1-7H3,(H,30,31)(H,34,37)/t20-/m0/s1. The van der Waals surface area contributed by atoms with Crippen LogP contribution in [-0.4, -0.2) is 70.0 Å². The van der Waals surface area contributed by atoms with Gasteiger partial charge in [-0.3, -0.25) is 4.79 Å². The van der Waals surface area contributed by atoms with Gasteiger partial charge < -0.3 is 10.2 Å². The maximum absolute atomic E-state index is 13.6. The van der Waals surface area contributed by atoms with Gasteiger partial charge in [0.25, 0.3) is 15.9 Å². The maximum atomic E-state index is 13.6. The van der Waals surface area contributed by atoms with Crippen LogP contribution in [0.1, 0.15) is 64.2 Å². The van der Waals surface area contributed by atoms with Crippen LogP contribution in [-0.2, 0) is 10.0 Å². The highest BCUT2D eigenvalue weighted by atomic mass is 32.3. The van der Waals surface area contributed by atoms with Crippen LogP contribution in [0.25, 0.3) is 5.82 Å². The average molecular weight is 600 g/mol. The Morgan fingerprint density at radius 1 is 1.07 bits per heavy atom. The Morgan fingerprint density at radius 2 is 1.83 bits per heavy atom. The van der Waals surface area contributed by atoms with E-state index in [1.165, 1.54) is 6.07 Å². The van der Waals surface area contributed by atoms with Gasteiger partial charge in [0.15, 0.2) is 10.8 Å². The number of carbonyl (C=O) groups excluding carboxylic acids is 1. The van der Waals surface area contributed by atoms with E-state index in [2.05, 4.69) is 67.1 Å². The molecular weight excluding hydrogens is 558 g/mol. The summed E-state index contributed by atoms with van der Waals surface area (Å²) in [5, 5.41) is 8.95. The molecule has 1 amide bonds. The molecule has 0 saturated carbocycles. The fourth-order valence-electron chi connectivity index (χ4n) is 5.42. The van der Waals surface area contributed by atoms with Gasteiger partial charge in [-0.15, -0.1) is 0 Å². The summed E-state index contributed by atoms with van der Waals surface area (Å²) in [4.78, 5) is 25.0. The number of aromatic nitrogens is 4. The lowest BCUT2D eigenvalue weighted by Crippen LogP contribution is -2.41. The minimum atomic E-state index is -4.21. The monoisotopic (exact) mass is 599 g/mol. The Morgan fingerprint density at radius 3 is 2.56 bits per heavy atom. The molecule has 12 heteroatoms. The quantitative estimate of drug-likeness (QED) is 0.430. The van der Waals surface area contributed by atoms with Gasteiger partial charge in [-0.25, -0.2) is 19.4 Å². The van der Waals surface area contributed by atoms with Crippen LogP contribution in [0.15, 0.2) is 52.6 Å². The number of nitrogens with zero attached hydrogens (tertiary/aromatic N) is 5. The molecule has 1 fully saturated rings. The summed E-state index contributed by atoms with van der Waals surface area (Å²) in [6.45, 7) is 12.4. The van der Waals surface area contributed by atoms with Crippen molar-refractivity contribution in [1.82, 2.24) is 24.5 Å². The molecule has 222 valence electrons. The van der Waals surface area contributed by atoms with Gasteiger partial charge >= 0.3 is 0 Å². The van der Waals surface area contributed by atoms with Crippen molar-refractivity contribution in [2.24, 2.45) is 5.92 Å². The second kappa shape index (κ2) is 10.3. The van der Waals surface area contributed by atoms with Crippen LogP contribution in [0, 0.1) is 5.92 Å². The van der Waals surface area contributed by atoms with Crippen LogP contribution in [0.4, 0.5) is 11.6 Å². The van der Waals surface area contributed by atoms with E-state index in [1.54, 1.807) is 28.9 Å². The number of hydrogen-bond acceptors (Lipinski definition) is 8. The molecule has 3 aromatic heterocycles. The number of anilines is 2. The van der Waals surface area contributed by atoms with E-state index in [-0.39, 0.29) is 20.9 Å². The third-order valence-corrected chi connectivity index (χ3v) is 14.1. The Labute approximate surface area is 244 Å². The second-order valence-electron chi connectivity index (χ2n) is 12.9. The van der Waals surface area contributed by atoms with Crippen molar-refractivity contribution in [3.8, 4) is 5.82 Å². The number of nitrogens with one attached hydrogen (secondary N) is 2. The van der Waals surface area contributed by atoms with E-state index in [4.69, 9.17) is 10.1 Å². The van der Waals surface area contributed by atoms with E-state index >= 15 is 0 Å². The number of carbonyl (C=O) groups is 1. The van der Waals surface area contributed by atoms with E-state index < -0.39 is 26.0 Å². The first kappa shape index (κ1) is 29.4. The fraction of sp³-hybridized carbons (Fsp3) is 0.517. The molecule has 10 nitrogen and oxygen atoms in total. The van der Waals surface area contributed by atoms with E-state index in [9.17, 15) is 13.2 Å². The normalized spacial score (nSPS) is 21.2. The maximum Gasteiger partial charge on any atom is 0.281 e. The number of amides is 1.